The van der Waals surface area contributed by atoms with Crippen molar-refractivity contribution in [2.24, 2.45) is 10.9 Å². The van der Waals surface area contributed by atoms with Crippen LogP contribution < -0.4 is 10.9 Å². The monoisotopic (exact) mass is 228 g/mol. The Morgan fingerprint density at radius 1 is 1.40 bits per heavy atom. The number of benzene rings is 1. The summed E-state index contributed by atoms with van der Waals surface area (Å²) in [4.78, 5) is 10.7. The van der Waals surface area contributed by atoms with Gasteiger partial charge in [-0.25, -0.2) is 13.6 Å². The maximum atomic E-state index is 11.0. The minimum atomic E-state index is -3.69. The Bertz CT molecular complexity index is 494. The van der Waals surface area contributed by atoms with Gasteiger partial charge in [0.1, 0.15) is 0 Å². The fourth-order valence-corrected chi connectivity index (χ4v) is 1.83. The van der Waals surface area contributed by atoms with Gasteiger partial charge in [-0.15, -0.1) is 0 Å². The normalized spacial score (nSPS) is 11.3. The van der Waals surface area contributed by atoms with Gasteiger partial charge >= 0.3 is 0 Å². The van der Waals surface area contributed by atoms with Crippen LogP contribution in [0.15, 0.2) is 23.1 Å². The zero-order valence-corrected chi connectivity index (χ0v) is 9.04. The van der Waals surface area contributed by atoms with E-state index >= 15 is 0 Å². The molecule has 0 spiro atoms. The van der Waals surface area contributed by atoms with Gasteiger partial charge in [0.25, 0.3) is 0 Å². The number of primary amides is 1. The number of aryl methyl sites for hydroxylation is 1. The average molecular weight is 228 g/mol. The van der Waals surface area contributed by atoms with Gasteiger partial charge in [-0.1, -0.05) is 6.07 Å². The highest BCUT2D eigenvalue weighted by atomic mass is 32.2. The lowest BCUT2D eigenvalue weighted by molar-refractivity contribution is -0.117. The molecule has 1 aromatic carbocycles. The van der Waals surface area contributed by atoms with Crippen molar-refractivity contribution in [1.82, 2.24) is 0 Å². The van der Waals surface area contributed by atoms with Crippen LogP contribution in [0.3, 0.4) is 0 Å². The van der Waals surface area contributed by atoms with E-state index in [0.717, 1.165) is 0 Å². The first-order valence-electron chi connectivity index (χ1n) is 4.21. The number of carbonyl (C=O) groups is 1. The summed E-state index contributed by atoms with van der Waals surface area (Å²) in [5.74, 6) is -0.457. The van der Waals surface area contributed by atoms with Crippen molar-refractivity contribution in [3.05, 3.63) is 29.3 Å². The Labute approximate surface area is 88.1 Å². The number of hydrogen-bond acceptors (Lipinski definition) is 3. The van der Waals surface area contributed by atoms with Crippen LogP contribution in [0.25, 0.3) is 0 Å². The number of primary sulfonamides is 1. The van der Waals surface area contributed by atoms with Crippen LogP contribution in [0.5, 0.6) is 0 Å². The quantitative estimate of drug-likeness (QED) is 0.740. The topological polar surface area (TPSA) is 103 Å². The molecule has 0 saturated heterocycles. The van der Waals surface area contributed by atoms with E-state index < -0.39 is 15.9 Å². The first-order chi connectivity index (χ1) is 6.80. The fraction of sp³-hybridized carbons (Fsp3) is 0.222. The van der Waals surface area contributed by atoms with Crippen LogP contribution in [0.2, 0.25) is 0 Å². The molecule has 0 saturated carbocycles. The molecule has 0 heterocycles. The van der Waals surface area contributed by atoms with Crippen LogP contribution in [0.1, 0.15) is 11.1 Å². The summed E-state index contributed by atoms with van der Waals surface area (Å²) in [5.41, 5.74) is 6.42. The largest absolute Gasteiger partial charge is 0.369 e. The van der Waals surface area contributed by atoms with Gasteiger partial charge in [0, 0.05) is 0 Å². The molecule has 0 atom stereocenters. The molecule has 1 amide bonds. The highest BCUT2D eigenvalue weighted by molar-refractivity contribution is 7.89. The molecule has 0 fully saturated rings. The molecule has 0 aliphatic carbocycles. The Hall–Kier alpha value is -1.40. The van der Waals surface area contributed by atoms with Crippen LogP contribution in [-0.4, -0.2) is 14.3 Å². The van der Waals surface area contributed by atoms with E-state index in [1.807, 2.05) is 0 Å². The predicted octanol–water partition coefficient (Wildman–Crippen LogP) is -0.330. The SMILES string of the molecule is Cc1cc(S(N)(=O)=O)ccc1CC(N)=O. The van der Waals surface area contributed by atoms with Crippen LogP contribution in [-0.2, 0) is 21.2 Å². The number of amides is 1. The first kappa shape index (κ1) is 11.7. The fourth-order valence-electron chi connectivity index (χ4n) is 1.23. The van der Waals surface area contributed by atoms with Gasteiger partial charge in [-0.05, 0) is 30.2 Å². The Morgan fingerprint density at radius 2 is 2.00 bits per heavy atom. The van der Waals surface area contributed by atoms with Crippen molar-refractivity contribution in [3.8, 4) is 0 Å². The molecule has 5 nitrogen and oxygen atoms in total. The third-order valence-electron chi connectivity index (χ3n) is 2.01. The Morgan fingerprint density at radius 3 is 2.40 bits per heavy atom. The van der Waals surface area contributed by atoms with Gasteiger partial charge < -0.3 is 5.73 Å². The molecule has 0 aliphatic rings. The molecule has 6 heteroatoms. The molecule has 0 unspecified atom stereocenters. The lowest BCUT2D eigenvalue weighted by Gasteiger charge is -2.05. The molecule has 1 rings (SSSR count). The van der Waals surface area contributed by atoms with E-state index in [2.05, 4.69) is 0 Å². The van der Waals surface area contributed by atoms with Gasteiger partial charge in [-0.2, -0.15) is 0 Å². The van der Waals surface area contributed by atoms with E-state index in [-0.39, 0.29) is 11.3 Å². The van der Waals surface area contributed by atoms with Crippen molar-refractivity contribution < 1.29 is 13.2 Å². The molecule has 0 aliphatic heterocycles. The standard InChI is InChI=1S/C9H12N2O3S/c1-6-4-8(15(11,13)14)3-2-7(6)5-9(10)12/h2-4H,5H2,1H3,(H2,10,12)(H2,11,13,14). The summed E-state index contributed by atoms with van der Waals surface area (Å²) in [6.07, 6.45) is 0.0940. The second-order valence-corrected chi connectivity index (χ2v) is 4.84. The lowest BCUT2D eigenvalue weighted by atomic mass is 10.1. The molecule has 0 bridgehead atoms. The van der Waals surface area contributed by atoms with Crippen LogP contribution in [0, 0.1) is 6.92 Å². The third-order valence-corrected chi connectivity index (χ3v) is 2.92. The molecule has 4 N–H and O–H groups in total. The number of hydrogen-bond donors (Lipinski definition) is 2. The third kappa shape index (κ3) is 3.03. The van der Waals surface area contributed by atoms with Gasteiger partial charge in [0.05, 0.1) is 11.3 Å². The number of rotatable bonds is 3. The molecule has 0 aromatic heterocycles. The molecule has 0 radical (unpaired) electrons. The van der Waals surface area contributed by atoms with Crippen molar-refractivity contribution >= 4 is 15.9 Å². The smallest absolute Gasteiger partial charge is 0.238 e. The van der Waals surface area contributed by atoms with Crippen molar-refractivity contribution in [1.29, 1.82) is 0 Å². The summed E-state index contributed by atoms with van der Waals surface area (Å²) in [7, 11) is -3.69. The highest BCUT2D eigenvalue weighted by Crippen LogP contribution is 2.14. The summed E-state index contributed by atoms with van der Waals surface area (Å²) >= 11 is 0. The van der Waals surface area contributed by atoms with Gasteiger partial charge in [0.15, 0.2) is 0 Å². The average Bonchev–Trinajstić information content (AvgIpc) is 2.05. The second-order valence-electron chi connectivity index (χ2n) is 3.28. The molecular formula is C9H12N2O3S. The first-order valence-corrected chi connectivity index (χ1v) is 5.76. The Kier molecular flexibility index (Phi) is 3.11. The van der Waals surface area contributed by atoms with Crippen LogP contribution in [0.4, 0.5) is 0 Å². The van der Waals surface area contributed by atoms with E-state index in [9.17, 15) is 13.2 Å². The minimum Gasteiger partial charge on any atom is -0.369 e. The minimum absolute atomic E-state index is 0.0354. The summed E-state index contributed by atoms with van der Waals surface area (Å²) in [5, 5.41) is 4.96. The zero-order valence-electron chi connectivity index (χ0n) is 8.23. The summed E-state index contributed by atoms with van der Waals surface area (Å²) in [6, 6.07) is 4.33. The summed E-state index contributed by atoms with van der Waals surface area (Å²) in [6.45, 7) is 1.70. The highest BCUT2D eigenvalue weighted by Gasteiger charge is 2.10. The lowest BCUT2D eigenvalue weighted by Crippen LogP contribution is -2.16. The van der Waals surface area contributed by atoms with Crippen LogP contribution >= 0.6 is 0 Å². The van der Waals surface area contributed by atoms with Crippen molar-refractivity contribution in [2.45, 2.75) is 18.2 Å². The van der Waals surface area contributed by atoms with Gasteiger partial charge in [-0.3, -0.25) is 4.79 Å². The molecule has 15 heavy (non-hydrogen) atoms. The van der Waals surface area contributed by atoms with Crippen molar-refractivity contribution in [2.75, 3.05) is 0 Å². The molecular weight excluding hydrogens is 216 g/mol. The van der Waals surface area contributed by atoms with E-state index in [1.54, 1.807) is 13.0 Å². The second kappa shape index (κ2) is 4.00. The van der Waals surface area contributed by atoms with E-state index in [0.29, 0.717) is 11.1 Å². The number of carbonyl (C=O) groups excluding carboxylic acids is 1. The number of sulfonamides is 1. The molecule has 1 aromatic rings. The molecule has 82 valence electrons. The maximum Gasteiger partial charge on any atom is 0.238 e. The van der Waals surface area contributed by atoms with Crippen molar-refractivity contribution in [3.63, 3.8) is 0 Å². The maximum absolute atomic E-state index is 11.0. The van der Waals surface area contributed by atoms with E-state index in [1.165, 1.54) is 12.1 Å². The predicted molar refractivity (Wildman–Crippen MR) is 55.5 cm³/mol. The van der Waals surface area contributed by atoms with E-state index in [4.69, 9.17) is 10.9 Å². The number of nitrogens with two attached hydrogens (primary N) is 2. The summed E-state index contributed by atoms with van der Waals surface area (Å²) < 4.78 is 22.0. The zero-order chi connectivity index (χ0) is 11.6. The Balaban J connectivity index is 3.15. The van der Waals surface area contributed by atoms with Gasteiger partial charge in [0.2, 0.25) is 15.9 Å².